The van der Waals surface area contributed by atoms with E-state index in [1.54, 1.807) is 0 Å². The van der Waals surface area contributed by atoms with Crippen LogP contribution < -0.4 is 0 Å². The number of fused-ring (bicyclic) bond motifs is 1. The van der Waals surface area contributed by atoms with Gasteiger partial charge in [0.25, 0.3) is 0 Å². The lowest BCUT2D eigenvalue weighted by Crippen LogP contribution is -2.55. The van der Waals surface area contributed by atoms with E-state index in [9.17, 15) is 10.2 Å². The first-order chi connectivity index (χ1) is 12.0. The highest BCUT2D eigenvalue weighted by Crippen LogP contribution is 2.19. The topological polar surface area (TPSA) is 50.2 Å². The van der Waals surface area contributed by atoms with Crippen molar-refractivity contribution in [2.45, 2.75) is 45.1 Å². The van der Waals surface area contributed by atoms with Crippen molar-refractivity contribution in [3.63, 3.8) is 0 Å². The summed E-state index contributed by atoms with van der Waals surface area (Å²) in [4.78, 5) is 7.08. The fourth-order valence-electron chi connectivity index (χ4n) is 4.21. The smallest absolute Gasteiger partial charge is 0.0793 e. The normalized spacial score (nSPS) is 25.5. The molecule has 2 aliphatic heterocycles. The maximum absolute atomic E-state index is 10.6. The summed E-state index contributed by atoms with van der Waals surface area (Å²) in [7, 11) is 0. The second kappa shape index (κ2) is 8.60. The molecule has 0 bridgehead atoms. The van der Waals surface area contributed by atoms with Crippen molar-refractivity contribution in [2.75, 3.05) is 45.8 Å². The molecule has 3 atom stereocenters. The molecule has 2 heterocycles. The fourth-order valence-corrected chi connectivity index (χ4v) is 4.21. The molecule has 3 rings (SSSR count). The third-order valence-electron chi connectivity index (χ3n) is 5.50. The molecule has 2 N–H and O–H groups in total. The number of piperazine rings is 1. The minimum Gasteiger partial charge on any atom is -0.392 e. The monoisotopic (exact) mass is 347 g/mol. The molecule has 140 valence electrons. The Hall–Kier alpha value is -0.980. The number of benzene rings is 1. The van der Waals surface area contributed by atoms with Crippen molar-refractivity contribution in [1.29, 1.82) is 0 Å². The highest BCUT2D eigenvalue weighted by atomic mass is 16.3. The highest BCUT2D eigenvalue weighted by Gasteiger charge is 2.26. The van der Waals surface area contributed by atoms with Gasteiger partial charge in [-0.05, 0) is 31.4 Å². The van der Waals surface area contributed by atoms with E-state index in [4.69, 9.17) is 0 Å². The van der Waals surface area contributed by atoms with Crippen molar-refractivity contribution >= 4 is 0 Å². The number of aliphatic hydroxyl groups excluding tert-OH is 2. The lowest BCUT2D eigenvalue weighted by atomic mass is 10.00. The van der Waals surface area contributed by atoms with Crippen LogP contribution in [0.1, 0.15) is 25.0 Å². The van der Waals surface area contributed by atoms with E-state index in [-0.39, 0.29) is 12.2 Å². The maximum atomic E-state index is 10.6. The van der Waals surface area contributed by atoms with Crippen LogP contribution in [0.3, 0.4) is 0 Å². The molecule has 0 aliphatic carbocycles. The van der Waals surface area contributed by atoms with E-state index >= 15 is 0 Å². The minimum atomic E-state index is -0.305. The van der Waals surface area contributed by atoms with Crippen molar-refractivity contribution in [3.8, 4) is 0 Å². The first kappa shape index (κ1) is 18.8. The predicted octanol–water partition coefficient (Wildman–Crippen LogP) is 0.793. The molecule has 5 heteroatoms. The lowest BCUT2D eigenvalue weighted by Gasteiger charge is -2.41. The SMILES string of the molecule is CC(O)CN1CCN(CC(O)CN2CCc3ccccc3C2)CC1C. The first-order valence-electron chi connectivity index (χ1n) is 9.63. The third-order valence-corrected chi connectivity index (χ3v) is 5.50. The Kier molecular flexibility index (Phi) is 6.47. The zero-order valence-electron chi connectivity index (χ0n) is 15.6. The molecule has 1 fully saturated rings. The van der Waals surface area contributed by atoms with Gasteiger partial charge in [-0.2, -0.15) is 0 Å². The second-order valence-corrected chi connectivity index (χ2v) is 7.86. The van der Waals surface area contributed by atoms with Crippen LogP contribution in [0.25, 0.3) is 0 Å². The Bertz CT molecular complexity index is 551. The summed E-state index contributed by atoms with van der Waals surface area (Å²) in [6.07, 6.45) is 0.500. The summed E-state index contributed by atoms with van der Waals surface area (Å²) >= 11 is 0. The predicted molar refractivity (Wildman–Crippen MR) is 101 cm³/mol. The molecule has 3 unspecified atom stereocenters. The largest absolute Gasteiger partial charge is 0.392 e. The Morgan fingerprint density at radius 2 is 1.72 bits per heavy atom. The summed E-state index contributed by atoms with van der Waals surface area (Å²) in [5.41, 5.74) is 2.86. The molecule has 0 aromatic heterocycles. The van der Waals surface area contributed by atoms with Gasteiger partial charge in [-0.25, -0.2) is 0 Å². The van der Waals surface area contributed by atoms with Crippen LogP contribution in [-0.4, -0.2) is 89.0 Å². The van der Waals surface area contributed by atoms with Gasteiger partial charge in [0.05, 0.1) is 12.2 Å². The van der Waals surface area contributed by atoms with Crippen LogP contribution in [0.2, 0.25) is 0 Å². The number of aliphatic hydroxyl groups is 2. The van der Waals surface area contributed by atoms with Gasteiger partial charge >= 0.3 is 0 Å². The van der Waals surface area contributed by atoms with Gasteiger partial charge in [0.1, 0.15) is 0 Å². The number of hydrogen-bond donors (Lipinski definition) is 2. The van der Waals surface area contributed by atoms with Crippen LogP contribution in [0.4, 0.5) is 0 Å². The van der Waals surface area contributed by atoms with Gasteiger partial charge in [-0.1, -0.05) is 24.3 Å². The molecular weight excluding hydrogens is 314 g/mol. The molecular formula is C20H33N3O2. The van der Waals surface area contributed by atoms with Crippen LogP contribution >= 0.6 is 0 Å². The standard InChI is InChI=1S/C20H33N3O2/c1-16-11-22(9-10-23(16)12-17(2)24)15-20(25)14-21-8-7-18-5-3-4-6-19(18)13-21/h3-6,16-17,20,24-25H,7-15H2,1-2H3. The molecule has 0 radical (unpaired) electrons. The Labute approximate surface area is 151 Å². The van der Waals surface area contributed by atoms with Crippen LogP contribution in [-0.2, 0) is 13.0 Å². The summed E-state index contributed by atoms with van der Waals surface area (Å²) in [6.45, 7) is 11.2. The number of β-amino-alcohol motifs (C(OH)–C–C–N with tert-alkyl or cyclic N) is 2. The molecule has 2 aliphatic rings. The number of hydrogen-bond acceptors (Lipinski definition) is 5. The Balaban J connectivity index is 1.44. The van der Waals surface area contributed by atoms with Crippen molar-refractivity contribution < 1.29 is 10.2 Å². The van der Waals surface area contributed by atoms with E-state index in [1.165, 1.54) is 11.1 Å². The van der Waals surface area contributed by atoms with Gasteiger partial charge in [0, 0.05) is 58.4 Å². The third kappa shape index (κ3) is 5.25. The molecule has 0 saturated carbocycles. The fraction of sp³-hybridized carbons (Fsp3) is 0.700. The van der Waals surface area contributed by atoms with Gasteiger partial charge in [0.2, 0.25) is 0 Å². The molecule has 1 aromatic carbocycles. The molecule has 5 nitrogen and oxygen atoms in total. The quantitative estimate of drug-likeness (QED) is 0.797. The van der Waals surface area contributed by atoms with Gasteiger partial charge in [0.15, 0.2) is 0 Å². The molecule has 25 heavy (non-hydrogen) atoms. The van der Waals surface area contributed by atoms with Gasteiger partial charge in [-0.3, -0.25) is 14.7 Å². The van der Waals surface area contributed by atoms with Crippen LogP contribution in [0.5, 0.6) is 0 Å². The summed E-state index contributed by atoms with van der Waals surface area (Å²) < 4.78 is 0. The summed E-state index contributed by atoms with van der Waals surface area (Å²) in [5.74, 6) is 0. The van der Waals surface area contributed by atoms with Crippen LogP contribution in [0.15, 0.2) is 24.3 Å². The summed E-state index contributed by atoms with van der Waals surface area (Å²) in [6, 6.07) is 9.07. The zero-order chi connectivity index (χ0) is 17.8. The van der Waals surface area contributed by atoms with Crippen LogP contribution in [0, 0.1) is 0 Å². The van der Waals surface area contributed by atoms with E-state index in [1.807, 2.05) is 6.92 Å². The molecule has 1 saturated heterocycles. The average Bonchev–Trinajstić information content (AvgIpc) is 2.57. The summed E-state index contributed by atoms with van der Waals surface area (Å²) in [5, 5.41) is 20.1. The lowest BCUT2D eigenvalue weighted by molar-refractivity contribution is 0.0149. The van der Waals surface area contributed by atoms with E-state index in [0.29, 0.717) is 6.04 Å². The van der Waals surface area contributed by atoms with Gasteiger partial charge < -0.3 is 10.2 Å². The second-order valence-electron chi connectivity index (χ2n) is 7.86. The number of rotatable bonds is 6. The first-order valence-corrected chi connectivity index (χ1v) is 9.63. The van der Waals surface area contributed by atoms with Crippen molar-refractivity contribution in [2.24, 2.45) is 0 Å². The van der Waals surface area contributed by atoms with E-state index in [0.717, 1.165) is 58.8 Å². The highest BCUT2D eigenvalue weighted by molar-refractivity contribution is 5.29. The molecule has 0 amide bonds. The van der Waals surface area contributed by atoms with E-state index in [2.05, 4.69) is 45.9 Å². The van der Waals surface area contributed by atoms with Gasteiger partial charge in [-0.15, -0.1) is 0 Å². The Morgan fingerprint density at radius 1 is 1.00 bits per heavy atom. The number of nitrogens with zero attached hydrogens (tertiary/aromatic N) is 3. The van der Waals surface area contributed by atoms with Crippen molar-refractivity contribution in [3.05, 3.63) is 35.4 Å². The van der Waals surface area contributed by atoms with E-state index < -0.39 is 0 Å². The van der Waals surface area contributed by atoms with Crippen molar-refractivity contribution in [1.82, 2.24) is 14.7 Å². The molecule has 1 aromatic rings. The molecule has 0 spiro atoms. The Morgan fingerprint density at radius 3 is 2.44 bits per heavy atom. The zero-order valence-corrected chi connectivity index (χ0v) is 15.6. The maximum Gasteiger partial charge on any atom is 0.0793 e. The minimum absolute atomic E-state index is 0.276. The average molecular weight is 348 g/mol.